The summed E-state index contributed by atoms with van der Waals surface area (Å²) in [5.74, 6) is -0.740. The number of rotatable bonds is 5. The molecule has 6 heteroatoms. The summed E-state index contributed by atoms with van der Waals surface area (Å²) in [6, 6.07) is 5.92. The van der Waals surface area contributed by atoms with Crippen molar-refractivity contribution in [3.63, 3.8) is 0 Å². The number of esters is 1. The van der Waals surface area contributed by atoms with E-state index in [0.717, 1.165) is 72.9 Å². The second-order valence-corrected chi connectivity index (χ2v) is 7.65. The zero-order valence-electron chi connectivity index (χ0n) is 16.3. The Bertz CT molecular complexity index is 903. The Balaban J connectivity index is 1.51. The Hall–Kier alpha value is -2.47. The van der Waals surface area contributed by atoms with Crippen molar-refractivity contribution in [2.75, 3.05) is 19.8 Å². The van der Waals surface area contributed by atoms with E-state index >= 15 is 0 Å². The maximum absolute atomic E-state index is 13.0. The number of aryl methyl sites for hydroxylation is 2. The van der Waals surface area contributed by atoms with E-state index < -0.39 is 5.97 Å². The summed E-state index contributed by atoms with van der Waals surface area (Å²) in [6.07, 6.45) is 5.86. The van der Waals surface area contributed by atoms with Crippen LogP contribution < -0.4 is 5.32 Å². The van der Waals surface area contributed by atoms with E-state index in [9.17, 15) is 9.59 Å². The molecule has 2 aromatic rings. The highest BCUT2D eigenvalue weighted by molar-refractivity contribution is 6.05. The first-order valence-corrected chi connectivity index (χ1v) is 10.1. The van der Waals surface area contributed by atoms with Crippen molar-refractivity contribution >= 4 is 22.8 Å². The van der Waals surface area contributed by atoms with E-state index in [4.69, 9.17) is 14.5 Å². The number of carbonyl (C=O) groups excluding carboxylic acids is 2. The van der Waals surface area contributed by atoms with E-state index in [1.165, 1.54) is 0 Å². The molecule has 6 nitrogen and oxygen atoms in total. The van der Waals surface area contributed by atoms with Crippen molar-refractivity contribution in [2.45, 2.75) is 51.6 Å². The van der Waals surface area contributed by atoms with E-state index in [1.54, 1.807) is 0 Å². The molecule has 1 N–H and O–H groups in total. The molecule has 0 radical (unpaired) electrons. The lowest BCUT2D eigenvalue weighted by molar-refractivity contribution is -0.124. The third-order valence-corrected chi connectivity index (χ3v) is 5.51. The molecule has 4 rings (SSSR count). The van der Waals surface area contributed by atoms with Gasteiger partial charge in [0.1, 0.15) is 0 Å². The Morgan fingerprint density at radius 1 is 1.25 bits per heavy atom. The monoisotopic (exact) mass is 382 g/mol. The number of hydrogen-bond acceptors (Lipinski definition) is 5. The van der Waals surface area contributed by atoms with Gasteiger partial charge < -0.3 is 14.8 Å². The van der Waals surface area contributed by atoms with Crippen LogP contribution in [-0.2, 0) is 27.1 Å². The maximum atomic E-state index is 13.0. The molecule has 1 aliphatic heterocycles. The highest BCUT2D eigenvalue weighted by atomic mass is 16.5. The van der Waals surface area contributed by atoms with Gasteiger partial charge in [-0.15, -0.1) is 0 Å². The van der Waals surface area contributed by atoms with Crippen molar-refractivity contribution in [3.8, 4) is 0 Å². The fourth-order valence-electron chi connectivity index (χ4n) is 4.06. The lowest BCUT2D eigenvalue weighted by Gasteiger charge is -2.20. The van der Waals surface area contributed by atoms with Gasteiger partial charge in [0.2, 0.25) is 0 Å². The number of pyridine rings is 1. The van der Waals surface area contributed by atoms with Crippen LogP contribution in [0.2, 0.25) is 0 Å². The molecule has 1 aromatic heterocycles. The van der Waals surface area contributed by atoms with Gasteiger partial charge >= 0.3 is 5.97 Å². The van der Waals surface area contributed by atoms with Crippen LogP contribution in [0.5, 0.6) is 0 Å². The van der Waals surface area contributed by atoms with Gasteiger partial charge in [-0.3, -0.25) is 9.78 Å². The zero-order chi connectivity index (χ0) is 19.5. The van der Waals surface area contributed by atoms with Gasteiger partial charge in [-0.2, -0.15) is 0 Å². The van der Waals surface area contributed by atoms with Crippen molar-refractivity contribution in [1.82, 2.24) is 10.3 Å². The van der Waals surface area contributed by atoms with Crippen LogP contribution in [-0.4, -0.2) is 42.7 Å². The second-order valence-electron chi connectivity index (χ2n) is 7.65. The van der Waals surface area contributed by atoms with Crippen molar-refractivity contribution in [1.29, 1.82) is 0 Å². The molecule has 1 saturated heterocycles. The molecule has 2 aliphatic rings. The minimum Gasteiger partial charge on any atom is -0.452 e. The molecule has 1 fully saturated rings. The molecule has 0 saturated carbocycles. The molecule has 2 heterocycles. The molecular formula is C22H26N2O4. The van der Waals surface area contributed by atoms with Crippen molar-refractivity contribution in [2.24, 2.45) is 0 Å². The number of aromatic nitrogens is 1. The van der Waals surface area contributed by atoms with Gasteiger partial charge in [0.25, 0.3) is 5.91 Å². The minimum atomic E-state index is -0.441. The summed E-state index contributed by atoms with van der Waals surface area (Å²) < 4.78 is 10.9. The van der Waals surface area contributed by atoms with Crippen LogP contribution in [0.1, 0.15) is 52.9 Å². The quantitative estimate of drug-likeness (QED) is 0.805. The van der Waals surface area contributed by atoms with Gasteiger partial charge in [0, 0.05) is 24.2 Å². The molecular weight excluding hydrogens is 356 g/mol. The number of ether oxygens (including phenoxy) is 2. The Kier molecular flexibility index (Phi) is 5.57. The molecule has 28 heavy (non-hydrogen) atoms. The van der Waals surface area contributed by atoms with E-state index in [0.29, 0.717) is 12.1 Å². The molecule has 148 valence electrons. The Labute approximate surface area is 164 Å². The first kappa shape index (κ1) is 18.9. The maximum Gasteiger partial charge on any atom is 0.339 e. The van der Waals surface area contributed by atoms with Gasteiger partial charge in [-0.1, -0.05) is 11.6 Å². The summed E-state index contributed by atoms with van der Waals surface area (Å²) in [7, 11) is 0. The lowest BCUT2D eigenvalue weighted by atomic mass is 9.89. The molecule has 1 atom stereocenters. The largest absolute Gasteiger partial charge is 0.452 e. The normalized spacial score (nSPS) is 18.7. The molecule has 0 spiro atoms. The number of fused-ring (bicyclic) bond motifs is 2. The third-order valence-electron chi connectivity index (χ3n) is 5.51. The summed E-state index contributed by atoms with van der Waals surface area (Å²) in [5.41, 5.74) is 4.41. The summed E-state index contributed by atoms with van der Waals surface area (Å²) in [6.45, 7) is 2.92. The number of benzene rings is 1. The number of nitrogens with zero attached hydrogens (tertiary/aromatic N) is 1. The van der Waals surface area contributed by atoms with Crippen LogP contribution in [0.3, 0.4) is 0 Å². The fourth-order valence-corrected chi connectivity index (χ4v) is 4.06. The average Bonchev–Trinajstić information content (AvgIpc) is 3.22. The topological polar surface area (TPSA) is 77.5 Å². The van der Waals surface area contributed by atoms with Crippen LogP contribution in [0, 0.1) is 6.92 Å². The number of nitrogens with one attached hydrogen (secondary N) is 1. The first-order valence-electron chi connectivity index (χ1n) is 10.1. The van der Waals surface area contributed by atoms with Gasteiger partial charge in [0.05, 0.1) is 17.2 Å². The standard InChI is InChI=1S/C22H26N2O4/c1-14-8-9-19-17(11-14)21(16-6-2-3-7-18(16)24-19)22(26)28-13-20(25)23-12-15-5-4-10-27-15/h8-9,11,15H,2-7,10,12-13H2,1H3,(H,23,25)/t15-/m0/s1. The number of carbonyl (C=O) groups is 2. The zero-order valence-corrected chi connectivity index (χ0v) is 16.3. The van der Waals surface area contributed by atoms with Gasteiger partial charge in [-0.05, 0) is 63.1 Å². The van der Waals surface area contributed by atoms with E-state index in [-0.39, 0.29) is 18.6 Å². The predicted molar refractivity (Wildman–Crippen MR) is 105 cm³/mol. The molecule has 1 aliphatic carbocycles. The van der Waals surface area contributed by atoms with Crippen LogP contribution in [0.4, 0.5) is 0 Å². The fraction of sp³-hybridized carbons (Fsp3) is 0.500. The van der Waals surface area contributed by atoms with Crippen LogP contribution >= 0.6 is 0 Å². The van der Waals surface area contributed by atoms with Gasteiger partial charge in [0.15, 0.2) is 6.61 Å². The van der Waals surface area contributed by atoms with Crippen molar-refractivity contribution in [3.05, 3.63) is 40.6 Å². The molecule has 0 unspecified atom stereocenters. The number of amides is 1. The molecule has 1 amide bonds. The number of hydrogen-bond donors (Lipinski definition) is 1. The molecule has 0 bridgehead atoms. The highest BCUT2D eigenvalue weighted by Crippen LogP contribution is 2.30. The average molecular weight is 382 g/mol. The smallest absolute Gasteiger partial charge is 0.339 e. The Morgan fingerprint density at radius 3 is 2.93 bits per heavy atom. The van der Waals surface area contributed by atoms with E-state index in [1.807, 2.05) is 25.1 Å². The van der Waals surface area contributed by atoms with Crippen LogP contribution in [0.25, 0.3) is 10.9 Å². The second kappa shape index (κ2) is 8.27. The Morgan fingerprint density at radius 2 is 2.11 bits per heavy atom. The molecule has 1 aromatic carbocycles. The summed E-state index contributed by atoms with van der Waals surface area (Å²) >= 11 is 0. The van der Waals surface area contributed by atoms with Crippen molar-refractivity contribution < 1.29 is 19.1 Å². The minimum absolute atomic E-state index is 0.0683. The lowest BCUT2D eigenvalue weighted by Crippen LogP contribution is -2.35. The highest BCUT2D eigenvalue weighted by Gasteiger charge is 2.24. The summed E-state index contributed by atoms with van der Waals surface area (Å²) in [4.78, 5) is 29.8. The SMILES string of the molecule is Cc1ccc2nc3c(c(C(=O)OCC(=O)NC[C@@H]4CCCO4)c2c1)CCCC3. The van der Waals surface area contributed by atoms with Crippen LogP contribution in [0.15, 0.2) is 18.2 Å². The predicted octanol–water partition coefficient (Wildman–Crippen LogP) is 2.87. The summed E-state index contributed by atoms with van der Waals surface area (Å²) in [5, 5.41) is 3.60. The first-order chi connectivity index (χ1) is 13.6. The van der Waals surface area contributed by atoms with E-state index in [2.05, 4.69) is 5.32 Å². The third kappa shape index (κ3) is 4.02. The van der Waals surface area contributed by atoms with Gasteiger partial charge in [-0.25, -0.2) is 4.79 Å².